The van der Waals surface area contributed by atoms with E-state index in [2.05, 4.69) is 15.9 Å². The molecule has 0 saturated heterocycles. The molecule has 0 radical (unpaired) electrons. The minimum Gasteiger partial charge on any atom is -0.311 e. The average molecular weight is 290 g/mol. The van der Waals surface area contributed by atoms with Gasteiger partial charge in [0.15, 0.2) is 0 Å². The molecule has 0 bridgehead atoms. The first-order valence-corrected chi connectivity index (χ1v) is 6.06. The lowest BCUT2D eigenvalue weighted by molar-refractivity contribution is 0.0993. The van der Waals surface area contributed by atoms with Gasteiger partial charge in [0.25, 0.3) is 5.91 Å². The van der Waals surface area contributed by atoms with Gasteiger partial charge in [-0.3, -0.25) is 4.79 Å². The Morgan fingerprint density at radius 2 is 1.76 bits per heavy atom. The summed E-state index contributed by atoms with van der Waals surface area (Å²) in [6.07, 6.45) is 0. The molecule has 3 heteroatoms. The number of rotatable bonds is 2. The summed E-state index contributed by atoms with van der Waals surface area (Å²) in [6, 6.07) is 16.9. The number of amides is 1. The third-order valence-corrected chi connectivity index (χ3v) is 3.01. The van der Waals surface area contributed by atoms with E-state index in [1.807, 2.05) is 54.6 Å². The Kier molecular flexibility index (Phi) is 3.59. The Hall–Kier alpha value is -1.61. The normalized spacial score (nSPS) is 10.0. The number of carbonyl (C=O) groups is 1. The van der Waals surface area contributed by atoms with Crippen LogP contribution in [-0.2, 0) is 0 Å². The molecule has 86 valence electrons. The quantitative estimate of drug-likeness (QED) is 0.825. The predicted molar refractivity (Wildman–Crippen MR) is 73.3 cm³/mol. The van der Waals surface area contributed by atoms with Crippen molar-refractivity contribution in [3.63, 3.8) is 0 Å². The maximum Gasteiger partial charge on any atom is 0.258 e. The summed E-state index contributed by atoms with van der Waals surface area (Å²) >= 11 is 3.40. The van der Waals surface area contributed by atoms with E-state index in [1.165, 1.54) is 0 Å². The molecule has 0 atom stereocenters. The molecule has 0 N–H and O–H groups in total. The lowest BCUT2D eigenvalue weighted by atomic mass is 10.2. The van der Waals surface area contributed by atoms with Gasteiger partial charge in [-0.1, -0.05) is 40.2 Å². The van der Waals surface area contributed by atoms with Crippen LogP contribution in [0.5, 0.6) is 0 Å². The highest BCUT2D eigenvalue weighted by Gasteiger charge is 2.12. The second-order valence-electron chi connectivity index (χ2n) is 3.71. The second-order valence-corrected chi connectivity index (χ2v) is 4.63. The van der Waals surface area contributed by atoms with E-state index in [9.17, 15) is 4.79 Å². The molecule has 0 aliphatic heterocycles. The first-order valence-electron chi connectivity index (χ1n) is 5.27. The van der Waals surface area contributed by atoms with Crippen LogP contribution < -0.4 is 4.90 Å². The largest absolute Gasteiger partial charge is 0.311 e. The zero-order valence-electron chi connectivity index (χ0n) is 9.43. The zero-order chi connectivity index (χ0) is 12.3. The van der Waals surface area contributed by atoms with Gasteiger partial charge in [-0.25, -0.2) is 0 Å². The van der Waals surface area contributed by atoms with Crippen molar-refractivity contribution in [2.45, 2.75) is 0 Å². The Bertz CT molecular complexity index is 525. The fraction of sp³-hybridized carbons (Fsp3) is 0.0714. The van der Waals surface area contributed by atoms with Crippen molar-refractivity contribution in [3.8, 4) is 0 Å². The number of carbonyl (C=O) groups excluding carboxylic acids is 1. The van der Waals surface area contributed by atoms with Gasteiger partial charge in [0.05, 0.1) is 0 Å². The molecule has 17 heavy (non-hydrogen) atoms. The molecule has 2 nitrogen and oxygen atoms in total. The molecular formula is C14H12BrNO. The zero-order valence-corrected chi connectivity index (χ0v) is 11.0. The van der Waals surface area contributed by atoms with Crippen molar-refractivity contribution in [1.29, 1.82) is 0 Å². The molecule has 0 heterocycles. The summed E-state index contributed by atoms with van der Waals surface area (Å²) in [5, 5.41) is 0. The summed E-state index contributed by atoms with van der Waals surface area (Å²) in [5.74, 6) is -0.0105. The number of hydrogen-bond acceptors (Lipinski definition) is 1. The predicted octanol–water partition coefficient (Wildman–Crippen LogP) is 3.73. The van der Waals surface area contributed by atoms with Crippen molar-refractivity contribution in [3.05, 3.63) is 64.6 Å². The highest BCUT2D eigenvalue weighted by molar-refractivity contribution is 9.10. The number of hydrogen-bond donors (Lipinski definition) is 0. The van der Waals surface area contributed by atoms with Gasteiger partial charge >= 0.3 is 0 Å². The molecule has 0 saturated carbocycles. The van der Waals surface area contributed by atoms with Gasteiger partial charge < -0.3 is 4.90 Å². The summed E-state index contributed by atoms with van der Waals surface area (Å²) in [4.78, 5) is 13.8. The van der Waals surface area contributed by atoms with Gasteiger partial charge in [0, 0.05) is 22.8 Å². The number of nitrogens with zero attached hydrogens (tertiary/aromatic N) is 1. The van der Waals surface area contributed by atoms with Crippen molar-refractivity contribution in [2.75, 3.05) is 11.9 Å². The lowest BCUT2D eigenvalue weighted by Crippen LogP contribution is -2.26. The molecule has 2 aromatic carbocycles. The molecule has 2 rings (SSSR count). The Balaban J connectivity index is 2.27. The summed E-state index contributed by atoms with van der Waals surface area (Å²) in [7, 11) is 1.77. The molecule has 0 aromatic heterocycles. The Morgan fingerprint density at radius 1 is 1.06 bits per heavy atom. The molecule has 0 fully saturated rings. The van der Waals surface area contributed by atoms with E-state index in [1.54, 1.807) is 11.9 Å². The van der Waals surface area contributed by atoms with E-state index in [0.717, 1.165) is 10.2 Å². The van der Waals surface area contributed by atoms with Gasteiger partial charge in [-0.05, 0) is 30.3 Å². The first kappa shape index (κ1) is 11.9. The third-order valence-electron chi connectivity index (χ3n) is 2.52. The number of anilines is 1. The van der Waals surface area contributed by atoms with Crippen LogP contribution in [0.4, 0.5) is 5.69 Å². The molecular weight excluding hydrogens is 278 g/mol. The van der Waals surface area contributed by atoms with E-state index >= 15 is 0 Å². The fourth-order valence-electron chi connectivity index (χ4n) is 1.58. The van der Waals surface area contributed by atoms with Crippen molar-refractivity contribution >= 4 is 27.5 Å². The highest BCUT2D eigenvalue weighted by atomic mass is 79.9. The number of halogens is 1. The van der Waals surface area contributed by atoms with Crippen molar-refractivity contribution in [1.82, 2.24) is 0 Å². The van der Waals surface area contributed by atoms with Crippen molar-refractivity contribution in [2.24, 2.45) is 0 Å². The third kappa shape index (κ3) is 2.74. The maximum absolute atomic E-state index is 12.2. The van der Waals surface area contributed by atoms with Crippen LogP contribution in [0.3, 0.4) is 0 Å². The average Bonchev–Trinajstić information content (AvgIpc) is 2.38. The standard InChI is InChI=1S/C14H12BrNO/c1-16(13-9-5-8-12(15)10-13)14(17)11-6-3-2-4-7-11/h2-10H,1H3. The minimum absolute atomic E-state index is 0.0105. The van der Waals surface area contributed by atoms with Gasteiger partial charge in [0.2, 0.25) is 0 Å². The fourth-order valence-corrected chi connectivity index (χ4v) is 1.96. The van der Waals surface area contributed by atoms with Crippen LogP contribution in [0, 0.1) is 0 Å². The molecule has 0 aliphatic carbocycles. The van der Waals surface area contributed by atoms with E-state index in [0.29, 0.717) is 5.56 Å². The molecule has 1 amide bonds. The van der Waals surface area contributed by atoms with Crippen LogP contribution in [0.1, 0.15) is 10.4 Å². The van der Waals surface area contributed by atoms with Gasteiger partial charge in [-0.2, -0.15) is 0 Å². The van der Waals surface area contributed by atoms with Crippen LogP contribution in [0.2, 0.25) is 0 Å². The smallest absolute Gasteiger partial charge is 0.258 e. The topological polar surface area (TPSA) is 20.3 Å². The molecule has 0 unspecified atom stereocenters. The Morgan fingerprint density at radius 3 is 2.41 bits per heavy atom. The highest BCUT2D eigenvalue weighted by Crippen LogP contribution is 2.20. The van der Waals surface area contributed by atoms with Crippen LogP contribution in [0.15, 0.2) is 59.1 Å². The summed E-state index contributed by atoms with van der Waals surface area (Å²) < 4.78 is 0.961. The van der Waals surface area contributed by atoms with E-state index in [4.69, 9.17) is 0 Å². The Labute approximate surface area is 109 Å². The number of benzene rings is 2. The summed E-state index contributed by atoms with van der Waals surface area (Å²) in [6.45, 7) is 0. The van der Waals surface area contributed by atoms with Crippen LogP contribution >= 0.6 is 15.9 Å². The second kappa shape index (κ2) is 5.15. The SMILES string of the molecule is CN(C(=O)c1ccccc1)c1cccc(Br)c1. The van der Waals surface area contributed by atoms with Crippen molar-refractivity contribution < 1.29 is 4.79 Å². The first-order chi connectivity index (χ1) is 8.18. The minimum atomic E-state index is -0.0105. The van der Waals surface area contributed by atoms with Crippen LogP contribution in [-0.4, -0.2) is 13.0 Å². The molecule has 0 aliphatic rings. The summed E-state index contributed by atoms with van der Waals surface area (Å²) in [5.41, 5.74) is 1.56. The maximum atomic E-state index is 12.2. The van der Waals surface area contributed by atoms with E-state index < -0.39 is 0 Å². The lowest BCUT2D eigenvalue weighted by Gasteiger charge is -2.17. The van der Waals surface area contributed by atoms with E-state index in [-0.39, 0.29) is 5.91 Å². The monoisotopic (exact) mass is 289 g/mol. The van der Waals surface area contributed by atoms with Gasteiger partial charge in [0.1, 0.15) is 0 Å². The van der Waals surface area contributed by atoms with Crippen LogP contribution in [0.25, 0.3) is 0 Å². The van der Waals surface area contributed by atoms with Gasteiger partial charge in [-0.15, -0.1) is 0 Å². The molecule has 0 spiro atoms. The molecule has 2 aromatic rings.